The van der Waals surface area contributed by atoms with Gasteiger partial charge in [-0.1, -0.05) is 5.16 Å². The largest absolute Gasteiger partial charge is 0.352 e. The second kappa shape index (κ2) is 7.31. The van der Waals surface area contributed by atoms with Crippen molar-refractivity contribution >= 4 is 17.7 Å². The van der Waals surface area contributed by atoms with Gasteiger partial charge in [-0.05, 0) is 26.7 Å². The molecule has 8 nitrogen and oxygen atoms in total. The van der Waals surface area contributed by atoms with Crippen molar-refractivity contribution in [1.82, 2.24) is 20.3 Å². The van der Waals surface area contributed by atoms with Crippen molar-refractivity contribution in [1.29, 1.82) is 0 Å². The Morgan fingerprint density at radius 1 is 1.33 bits per heavy atom. The first-order valence-corrected chi connectivity index (χ1v) is 8.51. The molecule has 24 heavy (non-hydrogen) atoms. The third-order valence-corrected chi connectivity index (χ3v) is 4.52. The number of aromatic nitrogens is 1. The molecule has 1 aromatic rings. The van der Waals surface area contributed by atoms with Gasteiger partial charge in [0.15, 0.2) is 0 Å². The van der Waals surface area contributed by atoms with Gasteiger partial charge in [-0.2, -0.15) is 0 Å². The van der Waals surface area contributed by atoms with E-state index in [0.717, 1.165) is 44.7 Å². The van der Waals surface area contributed by atoms with Crippen molar-refractivity contribution in [3.05, 3.63) is 11.8 Å². The lowest BCUT2D eigenvalue weighted by atomic mass is 10.2. The van der Waals surface area contributed by atoms with Crippen LogP contribution in [0.1, 0.15) is 25.5 Å². The Balaban J connectivity index is 1.39. The van der Waals surface area contributed by atoms with E-state index in [1.807, 2.05) is 6.92 Å². The van der Waals surface area contributed by atoms with Gasteiger partial charge in [0.25, 0.3) is 0 Å². The monoisotopic (exact) mass is 335 g/mol. The number of carbonyl (C=O) groups is 2. The fourth-order valence-electron chi connectivity index (χ4n) is 2.83. The SMILES string of the molecule is Cc1cc(NC(=O)CN2CCN(C(C)C(=O)NC3CC3)CC2)on1. The van der Waals surface area contributed by atoms with E-state index >= 15 is 0 Å². The van der Waals surface area contributed by atoms with E-state index in [-0.39, 0.29) is 17.9 Å². The number of nitrogens with zero attached hydrogens (tertiary/aromatic N) is 3. The van der Waals surface area contributed by atoms with Crippen LogP contribution in [0.4, 0.5) is 5.88 Å². The van der Waals surface area contributed by atoms with Gasteiger partial charge < -0.3 is 9.84 Å². The number of rotatable bonds is 6. The minimum Gasteiger partial charge on any atom is -0.352 e. The second-order valence-electron chi connectivity index (χ2n) is 6.65. The van der Waals surface area contributed by atoms with Gasteiger partial charge >= 0.3 is 0 Å². The molecule has 1 aliphatic carbocycles. The zero-order valence-corrected chi connectivity index (χ0v) is 14.2. The van der Waals surface area contributed by atoms with Crippen molar-refractivity contribution < 1.29 is 14.1 Å². The van der Waals surface area contributed by atoms with Crippen LogP contribution >= 0.6 is 0 Å². The predicted molar refractivity (Wildman–Crippen MR) is 88.5 cm³/mol. The lowest BCUT2D eigenvalue weighted by molar-refractivity contribution is -0.127. The van der Waals surface area contributed by atoms with Crippen LogP contribution in [0.5, 0.6) is 0 Å². The fraction of sp³-hybridized carbons (Fsp3) is 0.688. The Morgan fingerprint density at radius 2 is 2.04 bits per heavy atom. The van der Waals surface area contributed by atoms with Gasteiger partial charge in [0.2, 0.25) is 17.7 Å². The van der Waals surface area contributed by atoms with E-state index in [0.29, 0.717) is 18.5 Å². The Kier molecular flexibility index (Phi) is 5.15. The molecule has 0 spiro atoms. The standard InChI is InChI=1S/C16H25N5O3/c1-11-9-15(24-19-11)18-14(22)10-20-5-7-21(8-6-20)12(2)16(23)17-13-3-4-13/h9,12-13H,3-8,10H2,1-2H3,(H,17,23)(H,18,22). The number of carbonyl (C=O) groups excluding carboxylic acids is 2. The van der Waals surface area contributed by atoms with Crippen LogP contribution in [0.2, 0.25) is 0 Å². The van der Waals surface area contributed by atoms with E-state index < -0.39 is 0 Å². The summed E-state index contributed by atoms with van der Waals surface area (Å²) in [7, 11) is 0. The molecule has 2 amide bonds. The average Bonchev–Trinajstić information content (AvgIpc) is 3.28. The number of aryl methyl sites for hydroxylation is 1. The molecule has 0 bridgehead atoms. The molecule has 1 saturated heterocycles. The Bertz CT molecular complexity index is 590. The summed E-state index contributed by atoms with van der Waals surface area (Å²) in [6.07, 6.45) is 2.21. The van der Waals surface area contributed by atoms with Crippen molar-refractivity contribution in [2.24, 2.45) is 0 Å². The van der Waals surface area contributed by atoms with Crippen LogP contribution in [0.25, 0.3) is 0 Å². The van der Waals surface area contributed by atoms with E-state index in [1.165, 1.54) is 0 Å². The maximum absolute atomic E-state index is 12.1. The Morgan fingerprint density at radius 3 is 2.62 bits per heavy atom. The van der Waals surface area contributed by atoms with Gasteiger partial charge in [-0.15, -0.1) is 0 Å². The summed E-state index contributed by atoms with van der Waals surface area (Å²) in [5, 5.41) is 9.49. The molecule has 0 radical (unpaired) electrons. The minimum absolute atomic E-state index is 0.112. The lowest BCUT2D eigenvalue weighted by Gasteiger charge is -2.37. The van der Waals surface area contributed by atoms with Crippen LogP contribution in [-0.4, -0.2) is 71.6 Å². The topological polar surface area (TPSA) is 90.7 Å². The first kappa shape index (κ1) is 16.9. The number of hydrogen-bond donors (Lipinski definition) is 2. The molecule has 1 aliphatic heterocycles. The van der Waals surface area contributed by atoms with E-state index in [1.54, 1.807) is 13.0 Å². The Hall–Kier alpha value is -1.93. The molecule has 1 atom stereocenters. The van der Waals surface area contributed by atoms with Gasteiger partial charge in [0.05, 0.1) is 18.3 Å². The maximum atomic E-state index is 12.1. The average molecular weight is 335 g/mol. The smallest absolute Gasteiger partial charge is 0.240 e. The minimum atomic E-state index is -0.112. The van der Waals surface area contributed by atoms with Gasteiger partial charge in [-0.3, -0.25) is 24.7 Å². The summed E-state index contributed by atoms with van der Waals surface area (Å²) in [6, 6.07) is 1.97. The van der Waals surface area contributed by atoms with Crippen molar-refractivity contribution in [3.63, 3.8) is 0 Å². The third-order valence-electron chi connectivity index (χ3n) is 4.52. The quantitative estimate of drug-likeness (QED) is 0.772. The summed E-state index contributed by atoms with van der Waals surface area (Å²) in [4.78, 5) is 28.4. The lowest BCUT2D eigenvalue weighted by Crippen LogP contribution is -2.55. The third kappa shape index (κ3) is 4.55. The first-order chi connectivity index (χ1) is 11.5. The van der Waals surface area contributed by atoms with Gasteiger partial charge in [0.1, 0.15) is 0 Å². The molecular formula is C16H25N5O3. The normalized spacial score (nSPS) is 20.6. The van der Waals surface area contributed by atoms with Crippen LogP contribution < -0.4 is 10.6 Å². The molecule has 132 valence electrons. The summed E-state index contributed by atoms with van der Waals surface area (Å²) in [6.45, 7) is 7.18. The molecule has 1 aromatic heterocycles. The van der Waals surface area contributed by atoms with Gasteiger partial charge in [-0.25, -0.2) is 0 Å². The summed E-state index contributed by atoms with van der Waals surface area (Å²) in [5.74, 6) is 0.380. The van der Waals surface area contributed by atoms with E-state index in [4.69, 9.17) is 4.52 Å². The van der Waals surface area contributed by atoms with Crippen molar-refractivity contribution in [3.8, 4) is 0 Å². The molecule has 2 heterocycles. The summed E-state index contributed by atoms with van der Waals surface area (Å²) >= 11 is 0. The highest BCUT2D eigenvalue weighted by Gasteiger charge is 2.30. The fourth-order valence-corrected chi connectivity index (χ4v) is 2.83. The van der Waals surface area contributed by atoms with Crippen LogP contribution in [0.15, 0.2) is 10.6 Å². The molecule has 3 rings (SSSR count). The number of anilines is 1. The zero-order valence-electron chi connectivity index (χ0n) is 14.2. The number of amides is 2. The highest BCUT2D eigenvalue weighted by molar-refractivity contribution is 5.91. The van der Waals surface area contributed by atoms with E-state index in [9.17, 15) is 9.59 Å². The predicted octanol–water partition coefficient (Wildman–Crippen LogP) is 0.206. The molecule has 2 fully saturated rings. The zero-order chi connectivity index (χ0) is 17.1. The van der Waals surface area contributed by atoms with Crippen LogP contribution in [0.3, 0.4) is 0 Å². The first-order valence-electron chi connectivity index (χ1n) is 8.51. The van der Waals surface area contributed by atoms with E-state index in [2.05, 4.69) is 25.6 Å². The second-order valence-corrected chi connectivity index (χ2v) is 6.65. The molecule has 0 aromatic carbocycles. The van der Waals surface area contributed by atoms with Crippen LogP contribution in [-0.2, 0) is 9.59 Å². The highest BCUT2D eigenvalue weighted by Crippen LogP contribution is 2.19. The Labute approximate surface area is 141 Å². The molecule has 1 saturated carbocycles. The summed E-state index contributed by atoms with van der Waals surface area (Å²) in [5.41, 5.74) is 0.734. The molecule has 1 unspecified atom stereocenters. The highest BCUT2D eigenvalue weighted by atomic mass is 16.5. The molecule has 2 aliphatic rings. The number of nitrogens with one attached hydrogen (secondary N) is 2. The number of piperazine rings is 1. The molecule has 2 N–H and O–H groups in total. The van der Waals surface area contributed by atoms with Gasteiger partial charge in [0, 0.05) is 38.3 Å². The molecular weight excluding hydrogens is 310 g/mol. The van der Waals surface area contributed by atoms with Crippen molar-refractivity contribution in [2.45, 2.75) is 38.8 Å². The summed E-state index contributed by atoms with van der Waals surface area (Å²) < 4.78 is 4.98. The maximum Gasteiger partial charge on any atom is 0.240 e. The van der Waals surface area contributed by atoms with Crippen molar-refractivity contribution in [2.75, 3.05) is 38.0 Å². The number of hydrogen-bond acceptors (Lipinski definition) is 6. The van der Waals surface area contributed by atoms with Crippen LogP contribution in [0, 0.1) is 6.92 Å². The molecule has 8 heteroatoms.